The number of carbonyl (C=O) groups is 1. The van der Waals surface area contributed by atoms with Crippen molar-refractivity contribution in [3.63, 3.8) is 0 Å². The van der Waals surface area contributed by atoms with Gasteiger partial charge in [0.15, 0.2) is 11.5 Å². The minimum Gasteiger partial charge on any atom is -0.493 e. The third kappa shape index (κ3) is 4.91. The number of benzene rings is 2. The normalized spacial score (nSPS) is 16.5. The number of non-ortho nitro benzene ring substituents is 1. The molecular formula is C19H19N3O8S. The van der Waals surface area contributed by atoms with Crippen molar-refractivity contribution in [3.8, 4) is 11.5 Å². The molecule has 1 aliphatic heterocycles. The lowest BCUT2D eigenvalue weighted by Gasteiger charge is -2.15. The second-order valence-corrected chi connectivity index (χ2v) is 8.16. The first-order chi connectivity index (χ1) is 14.7. The average Bonchev–Trinajstić information content (AvgIpc) is 3.19. The van der Waals surface area contributed by atoms with Gasteiger partial charge in [0, 0.05) is 23.6 Å². The SMILES string of the molecule is COc1ccc(/C(=N\NS(=O)(=O)c2ccc([N+](=O)[O-])cc2)[C@H]2COC(=O)C2)cc1OC. The van der Waals surface area contributed by atoms with Crippen molar-refractivity contribution in [1.29, 1.82) is 0 Å². The van der Waals surface area contributed by atoms with Crippen molar-refractivity contribution in [3.05, 3.63) is 58.1 Å². The molecule has 2 aromatic rings. The first-order valence-corrected chi connectivity index (χ1v) is 10.5. The fourth-order valence-electron chi connectivity index (χ4n) is 2.98. The Morgan fingerprint density at radius 2 is 1.84 bits per heavy atom. The fourth-order valence-corrected chi connectivity index (χ4v) is 3.80. The smallest absolute Gasteiger partial charge is 0.306 e. The maximum atomic E-state index is 12.6. The van der Waals surface area contributed by atoms with Crippen LogP contribution in [0.15, 0.2) is 52.5 Å². The fraction of sp³-hybridized carbons (Fsp3) is 0.263. The van der Waals surface area contributed by atoms with Gasteiger partial charge in [-0.15, -0.1) is 0 Å². The molecule has 0 unspecified atom stereocenters. The molecule has 0 radical (unpaired) electrons. The summed E-state index contributed by atoms with van der Waals surface area (Å²) in [5, 5.41) is 14.8. The highest BCUT2D eigenvalue weighted by atomic mass is 32.2. The Morgan fingerprint density at radius 3 is 2.39 bits per heavy atom. The topological polar surface area (TPSA) is 146 Å². The van der Waals surface area contributed by atoms with Gasteiger partial charge in [-0.2, -0.15) is 18.4 Å². The van der Waals surface area contributed by atoms with Gasteiger partial charge in [0.2, 0.25) is 0 Å². The summed E-state index contributed by atoms with van der Waals surface area (Å²) in [4.78, 5) is 23.7. The molecule has 0 saturated carbocycles. The van der Waals surface area contributed by atoms with Crippen LogP contribution in [-0.2, 0) is 19.6 Å². The molecule has 2 aromatic carbocycles. The summed E-state index contributed by atoms with van der Waals surface area (Å²) < 4.78 is 40.7. The Balaban J connectivity index is 1.96. The summed E-state index contributed by atoms with van der Waals surface area (Å²) in [7, 11) is -1.18. The Bertz CT molecular complexity index is 1130. The van der Waals surface area contributed by atoms with Crippen molar-refractivity contribution >= 4 is 27.4 Å². The predicted octanol–water partition coefficient (Wildman–Crippen LogP) is 1.86. The summed E-state index contributed by atoms with van der Waals surface area (Å²) in [6.07, 6.45) is 0.0342. The van der Waals surface area contributed by atoms with E-state index in [0.29, 0.717) is 17.1 Å². The minimum absolute atomic E-state index is 0.0342. The van der Waals surface area contributed by atoms with Crippen LogP contribution >= 0.6 is 0 Å². The number of hydrogen-bond acceptors (Lipinski definition) is 9. The van der Waals surface area contributed by atoms with Gasteiger partial charge in [0.1, 0.15) is 6.61 Å². The van der Waals surface area contributed by atoms with Gasteiger partial charge < -0.3 is 14.2 Å². The van der Waals surface area contributed by atoms with Gasteiger partial charge in [-0.3, -0.25) is 14.9 Å². The highest BCUT2D eigenvalue weighted by molar-refractivity contribution is 7.89. The third-order valence-electron chi connectivity index (χ3n) is 4.57. The summed E-state index contributed by atoms with van der Waals surface area (Å²) in [5.74, 6) is -0.0338. The summed E-state index contributed by atoms with van der Waals surface area (Å²) in [6, 6.07) is 9.27. The van der Waals surface area contributed by atoms with Crippen molar-refractivity contribution in [2.75, 3.05) is 20.8 Å². The quantitative estimate of drug-likeness (QED) is 0.278. The molecule has 1 atom stereocenters. The predicted molar refractivity (Wildman–Crippen MR) is 109 cm³/mol. The maximum absolute atomic E-state index is 12.6. The van der Waals surface area contributed by atoms with E-state index in [1.165, 1.54) is 14.2 Å². The number of cyclic esters (lactones) is 1. The van der Waals surface area contributed by atoms with E-state index in [1.807, 2.05) is 0 Å². The molecule has 1 fully saturated rings. The Labute approximate surface area is 177 Å². The summed E-state index contributed by atoms with van der Waals surface area (Å²) >= 11 is 0. The van der Waals surface area contributed by atoms with Crippen LogP contribution in [0.5, 0.6) is 11.5 Å². The van der Waals surface area contributed by atoms with Crippen molar-refractivity contribution in [2.24, 2.45) is 11.0 Å². The molecule has 0 aromatic heterocycles. The number of hydrogen-bond donors (Lipinski definition) is 1. The molecule has 3 rings (SSSR count). The van der Waals surface area contributed by atoms with Crippen molar-refractivity contribution in [2.45, 2.75) is 11.3 Å². The van der Waals surface area contributed by atoms with Gasteiger partial charge in [-0.25, -0.2) is 0 Å². The van der Waals surface area contributed by atoms with E-state index in [4.69, 9.17) is 14.2 Å². The Morgan fingerprint density at radius 1 is 1.16 bits per heavy atom. The van der Waals surface area contributed by atoms with Crippen LogP contribution in [0.1, 0.15) is 12.0 Å². The first-order valence-electron chi connectivity index (χ1n) is 8.97. The number of esters is 1. The second-order valence-electron chi connectivity index (χ2n) is 6.50. The van der Waals surface area contributed by atoms with E-state index in [0.717, 1.165) is 24.3 Å². The van der Waals surface area contributed by atoms with Crippen molar-refractivity contribution in [1.82, 2.24) is 4.83 Å². The molecule has 0 bridgehead atoms. The van der Waals surface area contributed by atoms with Crippen LogP contribution in [0.4, 0.5) is 5.69 Å². The van der Waals surface area contributed by atoms with E-state index in [1.54, 1.807) is 18.2 Å². The highest BCUT2D eigenvalue weighted by Crippen LogP contribution is 2.30. The Kier molecular flexibility index (Phi) is 6.39. The minimum atomic E-state index is -4.12. The van der Waals surface area contributed by atoms with E-state index in [-0.39, 0.29) is 29.3 Å². The van der Waals surface area contributed by atoms with Gasteiger partial charge >= 0.3 is 5.97 Å². The van der Waals surface area contributed by atoms with Crippen molar-refractivity contribution < 1.29 is 32.3 Å². The molecule has 0 aliphatic carbocycles. The molecule has 11 nitrogen and oxygen atoms in total. The van der Waals surface area contributed by atoms with Crippen LogP contribution < -0.4 is 14.3 Å². The molecule has 1 aliphatic rings. The van der Waals surface area contributed by atoms with E-state index >= 15 is 0 Å². The van der Waals surface area contributed by atoms with Gasteiger partial charge in [0.25, 0.3) is 15.7 Å². The number of hydrazone groups is 1. The molecule has 0 amide bonds. The molecule has 1 heterocycles. The lowest BCUT2D eigenvalue weighted by Crippen LogP contribution is -2.24. The number of carbonyl (C=O) groups excluding carboxylic acids is 1. The molecule has 164 valence electrons. The van der Waals surface area contributed by atoms with Gasteiger partial charge in [-0.05, 0) is 30.3 Å². The number of sulfonamides is 1. The molecular weight excluding hydrogens is 430 g/mol. The van der Waals surface area contributed by atoms with E-state index in [2.05, 4.69) is 9.93 Å². The molecule has 0 spiro atoms. The number of nitrogens with one attached hydrogen (secondary N) is 1. The van der Waals surface area contributed by atoms with Gasteiger partial charge in [0.05, 0.1) is 36.2 Å². The van der Waals surface area contributed by atoms with Crippen LogP contribution in [0.3, 0.4) is 0 Å². The molecule has 12 heteroatoms. The maximum Gasteiger partial charge on any atom is 0.306 e. The number of nitrogens with zero attached hydrogens (tertiary/aromatic N) is 2. The molecule has 1 N–H and O–H groups in total. The lowest BCUT2D eigenvalue weighted by atomic mass is 9.95. The lowest BCUT2D eigenvalue weighted by molar-refractivity contribution is -0.384. The zero-order valence-corrected chi connectivity index (χ0v) is 17.4. The second kappa shape index (κ2) is 9.00. The van der Waals surface area contributed by atoms with Crippen LogP contribution in [0.2, 0.25) is 0 Å². The van der Waals surface area contributed by atoms with Crippen LogP contribution in [0.25, 0.3) is 0 Å². The Hall–Kier alpha value is -3.67. The zero-order chi connectivity index (χ0) is 22.6. The number of methoxy groups -OCH3 is 2. The number of ether oxygens (including phenoxy) is 3. The third-order valence-corrected chi connectivity index (χ3v) is 5.79. The molecule has 1 saturated heterocycles. The van der Waals surface area contributed by atoms with Crippen LogP contribution in [-0.4, -0.2) is 45.8 Å². The van der Waals surface area contributed by atoms with E-state index < -0.39 is 26.8 Å². The monoisotopic (exact) mass is 449 g/mol. The average molecular weight is 449 g/mol. The standard InChI is InChI=1S/C19H19N3O8S/c1-28-16-8-3-12(9-17(16)29-2)19(13-10-18(23)30-11-13)20-21-31(26,27)15-6-4-14(5-7-15)22(24)25/h3-9,13,21H,10-11H2,1-2H3/b20-19+/t13-/m1/s1. The zero-order valence-electron chi connectivity index (χ0n) is 16.6. The number of nitro groups is 1. The molecule has 31 heavy (non-hydrogen) atoms. The largest absolute Gasteiger partial charge is 0.493 e. The van der Waals surface area contributed by atoms with Crippen LogP contribution in [0, 0.1) is 16.0 Å². The first kappa shape index (κ1) is 22.0. The summed E-state index contributed by atoms with van der Waals surface area (Å²) in [5.41, 5.74) is 0.541. The number of rotatable bonds is 8. The number of nitro benzene ring substituents is 1. The van der Waals surface area contributed by atoms with E-state index in [9.17, 15) is 23.3 Å². The van der Waals surface area contributed by atoms with Gasteiger partial charge in [-0.1, -0.05) is 0 Å². The summed E-state index contributed by atoms with van der Waals surface area (Å²) in [6.45, 7) is 0.0469. The highest BCUT2D eigenvalue weighted by Gasteiger charge is 2.30.